The fourth-order valence-electron chi connectivity index (χ4n) is 3.15. The average molecular weight is 271 g/mol. The number of nitrogens with zero attached hydrogens (tertiary/aromatic N) is 2. The lowest BCUT2D eigenvalue weighted by atomic mass is 9.82. The first-order chi connectivity index (χ1) is 9.65. The van der Waals surface area contributed by atoms with Gasteiger partial charge in [-0.2, -0.15) is 4.98 Å². The van der Waals surface area contributed by atoms with Crippen LogP contribution in [0.2, 0.25) is 0 Å². The van der Waals surface area contributed by atoms with E-state index in [0.717, 1.165) is 35.7 Å². The van der Waals surface area contributed by atoms with Gasteiger partial charge in [0.25, 0.3) is 5.89 Å². The smallest absolute Gasteiger partial charge is 0.260 e. The first-order valence-electron chi connectivity index (χ1n) is 7.34. The summed E-state index contributed by atoms with van der Waals surface area (Å²) in [5.74, 6) is 2.57. The van der Waals surface area contributed by atoms with E-state index in [1.165, 1.54) is 12.8 Å². The monoisotopic (exact) mass is 271 g/mol. The molecule has 0 amide bonds. The molecule has 0 bridgehead atoms. The van der Waals surface area contributed by atoms with Gasteiger partial charge < -0.3 is 10.3 Å². The Balaban J connectivity index is 1.90. The molecule has 2 unspecified atom stereocenters. The van der Waals surface area contributed by atoms with Crippen LogP contribution in [0.4, 0.5) is 5.69 Å². The number of aromatic nitrogens is 2. The topological polar surface area (TPSA) is 64.9 Å². The Morgan fingerprint density at radius 3 is 2.90 bits per heavy atom. The summed E-state index contributed by atoms with van der Waals surface area (Å²) in [5, 5.41) is 4.19. The van der Waals surface area contributed by atoms with Crippen molar-refractivity contribution in [3.05, 3.63) is 29.6 Å². The van der Waals surface area contributed by atoms with Crippen LogP contribution in [-0.2, 0) is 0 Å². The van der Waals surface area contributed by atoms with Crippen LogP contribution in [0.3, 0.4) is 0 Å². The summed E-state index contributed by atoms with van der Waals surface area (Å²) in [7, 11) is 0. The lowest BCUT2D eigenvalue weighted by molar-refractivity contribution is 0.324. The highest BCUT2D eigenvalue weighted by Gasteiger charge is 2.25. The molecule has 1 aliphatic carbocycles. The molecule has 3 rings (SSSR count). The highest BCUT2D eigenvalue weighted by Crippen LogP contribution is 2.36. The molecular weight excluding hydrogens is 250 g/mol. The van der Waals surface area contributed by atoms with E-state index in [9.17, 15) is 0 Å². The number of hydrogen-bond donors (Lipinski definition) is 1. The molecule has 1 aliphatic rings. The second kappa shape index (κ2) is 5.27. The van der Waals surface area contributed by atoms with Gasteiger partial charge in [-0.15, -0.1) is 0 Å². The molecule has 1 heterocycles. The molecule has 0 aliphatic heterocycles. The first kappa shape index (κ1) is 13.2. The predicted molar refractivity (Wildman–Crippen MR) is 79.3 cm³/mol. The summed E-state index contributed by atoms with van der Waals surface area (Å²) in [6, 6.07) is 5.82. The normalized spacial score (nSPS) is 22.9. The molecule has 106 valence electrons. The SMILES string of the molecule is Cc1cccc(N)c1-c1nc(C2CCCC(C)C2)no1. The van der Waals surface area contributed by atoms with E-state index >= 15 is 0 Å². The second-order valence-corrected chi connectivity index (χ2v) is 5.97. The van der Waals surface area contributed by atoms with Gasteiger partial charge in [-0.1, -0.05) is 37.1 Å². The number of anilines is 1. The molecule has 1 saturated carbocycles. The molecule has 20 heavy (non-hydrogen) atoms. The third-order valence-electron chi connectivity index (χ3n) is 4.26. The van der Waals surface area contributed by atoms with Gasteiger partial charge in [0.05, 0.1) is 5.56 Å². The van der Waals surface area contributed by atoms with E-state index in [1.54, 1.807) is 0 Å². The molecular formula is C16H21N3O. The van der Waals surface area contributed by atoms with E-state index < -0.39 is 0 Å². The maximum Gasteiger partial charge on any atom is 0.260 e. The molecule has 2 aromatic rings. The van der Waals surface area contributed by atoms with Gasteiger partial charge in [-0.05, 0) is 37.3 Å². The van der Waals surface area contributed by atoms with Crippen molar-refractivity contribution in [2.75, 3.05) is 5.73 Å². The maximum atomic E-state index is 6.04. The largest absolute Gasteiger partial charge is 0.398 e. The Labute approximate surface area is 119 Å². The van der Waals surface area contributed by atoms with Crippen molar-refractivity contribution in [2.24, 2.45) is 5.92 Å². The van der Waals surface area contributed by atoms with Gasteiger partial charge in [-0.25, -0.2) is 0 Å². The van der Waals surface area contributed by atoms with Gasteiger partial charge in [0, 0.05) is 11.6 Å². The van der Waals surface area contributed by atoms with Gasteiger partial charge in [0.15, 0.2) is 5.82 Å². The van der Waals surface area contributed by atoms with Gasteiger partial charge in [0.2, 0.25) is 0 Å². The van der Waals surface area contributed by atoms with Crippen molar-refractivity contribution in [1.82, 2.24) is 10.1 Å². The number of hydrogen-bond acceptors (Lipinski definition) is 4. The van der Waals surface area contributed by atoms with Gasteiger partial charge >= 0.3 is 0 Å². The standard InChI is InChI=1S/C16H21N3O/c1-10-5-3-7-12(9-10)15-18-16(20-19-15)14-11(2)6-4-8-13(14)17/h4,6,8,10,12H,3,5,7,9,17H2,1-2H3. The minimum Gasteiger partial charge on any atom is -0.398 e. The Bertz CT molecular complexity index is 585. The number of nitrogen functional groups attached to an aromatic ring is 1. The Morgan fingerprint density at radius 2 is 2.15 bits per heavy atom. The minimum absolute atomic E-state index is 0.432. The van der Waals surface area contributed by atoms with E-state index in [1.807, 2.05) is 25.1 Å². The van der Waals surface area contributed by atoms with Crippen LogP contribution in [0.25, 0.3) is 11.5 Å². The van der Waals surface area contributed by atoms with Crippen molar-refractivity contribution in [3.8, 4) is 11.5 Å². The molecule has 4 nitrogen and oxygen atoms in total. The van der Waals surface area contributed by atoms with Crippen LogP contribution in [0.15, 0.2) is 22.7 Å². The van der Waals surface area contributed by atoms with Crippen LogP contribution in [0.5, 0.6) is 0 Å². The fraction of sp³-hybridized carbons (Fsp3) is 0.500. The van der Waals surface area contributed by atoms with E-state index in [-0.39, 0.29) is 0 Å². The second-order valence-electron chi connectivity index (χ2n) is 5.97. The molecule has 2 atom stereocenters. The summed E-state index contributed by atoms with van der Waals surface area (Å²) in [4.78, 5) is 4.60. The Morgan fingerprint density at radius 1 is 1.30 bits per heavy atom. The molecule has 1 aromatic carbocycles. The number of rotatable bonds is 2. The minimum atomic E-state index is 0.432. The molecule has 1 fully saturated rings. The van der Waals surface area contributed by atoms with Gasteiger partial charge in [0.1, 0.15) is 0 Å². The van der Waals surface area contributed by atoms with Crippen molar-refractivity contribution < 1.29 is 4.52 Å². The lowest BCUT2D eigenvalue weighted by Crippen LogP contribution is -2.12. The summed E-state index contributed by atoms with van der Waals surface area (Å²) in [6.07, 6.45) is 4.88. The zero-order valence-corrected chi connectivity index (χ0v) is 12.1. The summed E-state index contributed by atoms with van der Waals surface area (Å²) in [6.45, 7) is 4.31. The quantitative estimate of drug-likeness (QED) is 0.841. The maximum absolute atomic E-state index is 6.04. The molecule has 0 radical (unpaired) electrons. The molecule has 0 spiro atoms. The van der Waals surface area contributed by atoms with Crippen LogP contribution in [0, 0.1) is 12.8 Å². The molecule has 0 saturated heterocycles. The third-order valence-corrected chi connectivity index (χ3v) is 4.26. The Hall–Kier alpha value is -1.84. The zero-order chi connectivity index (χ0) is 14.1. The number of aryl methyl sites for hydroxylation is 1. The fourth-order valence-corrected chi connectivity index (χ4v) is 3.15. The van der Waals surface area contributed by atoms with Gasteiger partial charge in [-0.3, -0.25) is 0 Å². The number of nitrogens with two attached hydrogens (primary N) is 1. The summed E-state index contributed by atoms with van der Waals surface area (Å²) < 4.78 is 5.46. The highest BCUT2D eigenvalue weighted by molar-refractivity contribution is 5.73. The zero-order valence-electron chi connectivity index (χ0n) is 12.1. The first-order valence-corrected chi connectivity index (χ1v) is 7.34. The molecule has 4 heteroatoms. The van der Waals surface area contributed by atoms with Crippen molar-refractivity contribution in [3.63, 3.8) is 0 Å². The lowest BCUT2D eigenvalue weighted by Gasteiger charge is -2.23. The Kier molecular flexibility index (Phi) is 3.47. The van der Waals surface area contributed by atoms with Crippen molar-refractivity contribution >= 4 is 5.69 Å². The van der Waals surface area contributed by atoms with Crippen molar-refractivity contribution in [1.29, 1.82) is 0 Å². The predicted octanol–water partition coefficient (Wildman–Crippen LogP) is 3.92. The van der Waals surface area contributed by atoms with Crippen LogP contribution >= 0.6 is 0 Å². The summed E-state index contributed by atoms with van der Waals surface area (Å²) in [5.41, 5.74) is 8.66. The van der Waals surface area contributed by atoms with Crippen molar-refractivity contribution in [2.45, 2.75) is 45.4 Å². The molecule has 1 aromatic heterocycles. The average Bonchev–Trinajstić information content (AvgIpc) is 2.88. The summed E-state index contributed by atoms with van der Waals surface area (Å²) >= 11 is 0. The third kappa shape index (κ3) is 2.42. The van der Waals surface area contributed by atoms with E-state index in [4.69, 9.17) is 10.3 Å². The van der Waals surface area contributed by atoms with E-state index in [0.29, 0.717) is 17.5 Å². The number of benzene rings is 1. The molecule has 2 N–H and O–H groups in total. The highest BCUT2D eigenvalue weighted by atomic mass is 16.5. The van der Waals surface area contributed by atoms with Crippen LogP contribution in [-0.4, -0.2) is 10.1 Å². The van der Waals surface area contributed by atoms with Crippen LogP contribution in [0.1, 0.15) is 49.9 Å². The van der Waals surface area contributed by atoms with E-state index in [2.05, 4.69) is 17.1 Å². The van der Waals surface area contributed by atoms with Crippen LogP contribution < -0.4 is 5.73 Å².